The lowest BCUT2D eigenvalue weighted by atomic mass is 9.92. The van der Waals surface area contributed by atoms with Gasteiger partial charge in [0, 0.05) is 21.5 Å². The van der Waals surface area contributed by atoms with E-state index in [4.69, 9.17) is 4.74 Å². The average molecular weight is 338 g/mol. The van der Waals surface area contributed by atoms with Crippen molar-refractivity contribution in [3.8, 4) is 46.0 Å². The zero-order valence-corrected chi connectivity index (χ0v) is 12.4. The molecule has 4 aromatic carbocycles. The van der Waals surface area contributed by atoms with Crippen molar-refractivity contribution in [3.63, 3.8) is 0 Å². The predicted molar refractivity (Wildman–Crippen MR) is 89.0 cm³/mol. The second-order valence-electron chi connectivity index (χ2n) is 5.90. The monoisotopic (exact) mass is 338 g/mol. The van der Waals surface area contributed by atoms with E-state index in [1.807, 2.05) is 0 Å². The first-order chi connectivity index (χ1) is 11.9. The first-order valence-electron chi connectivity index (χ1n) is 7.33. The molecule has 0 atom stereocenters. The minimum absolute atomic E-state index is 0.00514. The number of aromatic hydroxyl groups is 6. The van der Waals surface area contributed by atoms with Crippen LogP contribution in [0.15, 0.2) is 24.3 Å². The molecular formula is C18H10O7. The Labute approximate surface area is 138 Å². The summed E-state index contributed by atoms with van der Waals surface area (Å²) in [5.41, 5.74) is 0. The molecule has 0 aliphatic carbocycles. The molecule has 4 aromatic rings. The van der Waals surface area contributed by atoms with E-state index in [1.165, 1.54) is 0 Å². The summed E-state index contributed by atoms with van der Waals surface area (Å²) in [6.45, 7) is 0. The molecule has 7 heteroatoms. The molecule has 0 amide bonds. The Kier molecular flexibility index (Phi) is 2.20. The van der Waals surface area contributed by atoms with Crippen molar-refractivity contribution >= 4 is 32.3 Å². The summed E-state index contributed by atoms with van der Waals surface area (Å²) >= 11 is 0. The van der Waals surface area contributed by atoms with Gasteiger partial charge < -0.3 is 35.4 Å². The molecule has 0 spiro atoms. The molecule has 124 valence electrons. The Morgan fingerprint density at radius 3 is 1.60 bits per heavy atom. The molecule has 7 nitrogen and oxygen atoms in total. The van der Waals surface area contributed by atoms with Crippen molar-refractivity contribution in [1.82, 2.24) is 0 Å². The van der Waals surface area contributed by atoms with Gasteiger partial charge in [0.2, 0.25) is 23.0 Å². The van der Waals surface area contributed by atoms with Crippen LogP contribution in [-0.2, 0) is 0 Å². The normalized spacial score (nSPS) is 12.5. The maximum absolute atomic E-state index is 10.4. The molecule has 25 heavy (non-hydrogen) atoms. The van der Waals surface area contributed by atoms with E-state index < -0.39 is 34.5 Å². The number of ether oxygens (including phenoxy) is 1. The maximum Gasteiger partial charge on any atom is 0.216 e. The first kappa shape index (κ1) is 13.7. The van der Waals surface area contributed by atoms with Crippen LogP contribution in [0.3, 0.4) is 0 Å². The summed E-state index contributed by atoms with van der Waals surface area (Å²) < 4.78 is 5.28. The van der Waals surface area contributed by atoms with Gasteiger partial charge in [-0.2, -0.15) is 0 Å². The van der Waals surface area contributed by atoms with Gasteiger partial charge in [-0.1, -0.05) is 24.3 Å². The van der Waals surface area contributed by atoms with Crippen LogP contribution in [0.2, 0.25) is 0 Å². The number of rotatable bonds is 0. The maximum atomic E-state index is 10.4. The highest BCUT2D eigenvalue weighted by molar-refractivity contribution is 6.33. The molecular weight excluding hydrogens is 328 g/mol. The third kappa shape index (κ3) is 1.41. The molecule has 5 rings (SSSR count). The van der Waals surface area contributed by atoms with E-state index in [2.05, 4.69) is 0 Å². The van der Waals surface area contributed by atoms with Gasteiger partial charge in [-0.3, -0.25) is 0 Å². The topological polar surface area (TPSA) is 134 Å². The summed E-state index contributed by atoms with van der Waals surface area (Å²) in [7, 11) is 0. The van der Waals surface area contributed by atoms with Crippen molar-refractivity contribution in [2.24, 2.45) is 0 Å². The fourth-order valence-corrected chi connectivity index (χ4v) is 3.48. The Balaban J connectivity index is 2.28. The third-order valence-electron chi connectivity index (χ3n) is 4.63. The quantitative estimate of drug-likeness (QED) is 0.110. The predicted octanol–water partition coefficient (Wildman–Crippen LogP) is 3.49. The molecule has 1 heterocycles. The Hall–Kier alpha value is -3.74. The zero-order valence-electron chi connectivity index (χ0n) is 12.4. The van der Waals surface area contributed by atoms with E-state index in [0.29, 0.717) is 21.9 Å². The summed E-state index contributed by atoms with van der Waals surface area (Å²) in [5.74, 6) is -3.74. The number of hydrogen-bond donors (Lipinski definition) is 6. The number of phenolic OH excluding ortho intramolecular Hbond substituents is 6. The summed E-state index contributed by atoms with van der Waals surface area (Å²) in [6.07, 6.45) is 0. The molecule has 0 aromatic heterocycles. The van der Waals surface area contributed by atoms with Crippen LogP contribution in [0.1, 0.15) is 0 Å². The standard InChI is InChI=1S/C18H10O7/c19-11-7-5-3-1-2-4-6(5)8-10(9(7)12(20)15(23)14(11)22)13(21)16(24)18-17(8)25-18/h1-4,19-24H. The molecule has 0 saturated heterocycles. The van der Waals surface area contributed by atoms with Crippen LogP contribution in [0.4, 0.5) is 0 Å². The van der Waals surface area contributed by atoms with Crippen molar-refractivity contribution in [3.05, 3.63) is 24.3 Å². The van der Waals surface area contributed by atoms with Gasteiger partial charge in [0.05, 0.1) is 0 Å². The summed E-state index contributed by atoms with van der Waals surface area (Å²) in [5, 5.41) is 62.5. The van der Waals surface area contributed by atoms with E-state index in [0.717, 1.165) is 0 Å². The Bertz CT molecular complexity index is 1270. The molecule has 0 bridgehead atoms. The summed E-state index contributed by atoms with van der Waals surface area (Å²) in [4.78, 5) is 0. The van der Waals surface area contributed by atoms with Gasteiger partial charge in [0.25, 0.3) is 0 Å². The van der Waals surface area contributed by atoms with E-state index in [1.54, 1.807) is 24.3 Å². The fourth-order valence-electron chi connectivity index (χ4n) is 3.48. The highest BCUT2D eigenvalue weighted by atomic mass is 16.6. The molecule has 1 aliphatic heterocycles. The van der Waals surface area contributed by atoms with Crippen molar-refractivity contribution in [2.45, 2.75) is 0 Å². The van der Waals surface area contributed by atoms with Gasteiger partial charge in [-0.15, -0.1) is 0 Å². The highest BCUT2D eigenvalue weighted by Gasteiger charge is 2.36. The van der Waals surface area contributed by atoms with Crippen LogP contribution < -0.4 is 4.74 Å². The Morgan fingerprint density at radius 1 is 0.480 bits per heavy atom. The minimum Gasteiger partial charge on any atom is -0.504 e. The lowest BCUT2D eigenvalue weighted by Gasteiger charge is -2.15. The van der Waals surface area contributed by atoms with Crippen LogP contribution in [0, 0.1) is 0 Å². The largest absolute Gasteiger partial charge is 0.504 e. The van der Waals surface area contributed by atoms with Gasteiger partial charge in [-0.05, 0) is 10.8 Å². The lowest BCUT2D eigenvalue weighted by molar-refractivity contribution is 0.351. The molecule has 0 fully saturated rings. The second-order valence-corrected chi connectivity index (χ2v) is 5.90. The average Bonchev–Trinajstić information content (AvgIpc) is 3.41. The van der Waals surface area contributed by atoms with E-state index >= 15 is 0 Å². The number of fused-ring (bicyclic) bond motifs is 8. The molecule has 1 aliphatic rings. The SMILES string of the molecule is Oc1c(O)c(O)c2c(c1O)c1ccccc1c1c3c(c(O)c(O)c12)O3. The molecule has 0 radical (unpaired) electrons. The summed E-state index contributed by atoms with van der Waals surface area (Å²) in [6, 6.07) is 6.82. The van der Waals surface area contributed by atoms with Crippen molar-refractivity contribution in [2.75, 3.05) is 0 Å². The minimum atomic E-state index is -0.925. The second kappa shape index (κ2) is 4.02. The zero-order chi connectivity index (χ0) is 17.6. The van der Waals surface area contributed by atoms with Gasteiger partial charge >= 0.3 is 0 Å². The number of benzene rings is 4. The fraction of sp³-hybridized carbons (Fsp3) is 0. The van der Waals surface area contributed by atoms with Gasteiger partial charge in [0.1, 0.15) is 0 Å². The van der Waals surface area contributed by atoms with E-state index in [9.17, 15) is 30.6 Å². The van der Waals surface area contributed by atoms with Crippen molar-refractivity contribution < 1.29 is 35.4 Å². The van der Waals surface area contributed by atoms with E-state index in [-0.39, 0.29) is 21.9 Å². The van der Waals surface area contributed by atoms with Crippen LogP contribution in [0.5, 0.6) is 46.0 Å². The van der Waals surface area contributed by atoms with Crippen LogP contribution in [0.25, 0.3) is 32.3 Å². The molecule has 0 saturated carbocycles. The number of hydrogen-bond acceptors (Lipinski definition) is 7. The lowest BCUT2D eigenvalue weighted by Crippen LogP contribution is -1.86. The van der Waals surface area contributed by atoms with Gasteiger partial charge in [-0.25, -0.2) is 0 Å². The Morgan fingerprint density at radius 2 is 0.960 bits per heavy atom. The third-order valence-corrected chi connectivity index (χ3v) is 4.63. The molecule has 0 unspecified atom stereocenters. The van der Waals surface area contributed by atoms with Crippen LogP contribution in [-0.4, -0.2) is 30.6 Å². The van der Waals surface area contributed by atoms with Crippen molar-refractivity contribution in [1.29, 1.82) is 0 Å². The van der Waals surface area contributed by atoms with Gasteiger partial charge in [0.15, 0.2) is 23.0 Å². The number of phenols is 6. The highest BCUT2D eigenvalue weighted by Crippen LogP contribution is 2.65. The first-order valence-corrected chi connectivity index (χ1v) is 7.33. The van der Waals surface area contributed by atoms with Crippen LogP contribution >= 0.6 is 0 Å². The molecule has 6 N–H and O–H groups in total. The smallest absolute Gasteiger partial charge is 0.216 e.